The van der Waals surface area contributed by atoms with Crippen molar-refractivity contribution in [1.29, 1.82) is 0 Å². The molecule has 0 aliphatic heterocycles. The lowest BCUT2D eigenvalue weighted by molar-refractivity contribution is 0.1000. The summed E-state index contributed by atoms with van der Waals surface area (Å²) in [4.78, 5) is 30.5. The summed E-state index contributed by atoms with van der Waals surface area (Å²) >= 11 is 0. The van der Waals surface area contributed by atoms with Crippen LogP contribution in [0.15, 0.2) is 35.5 Å². The van der Waals surface area contributed by atoms with Gasteiger partial charge in [-0.05, 0) is 12.1 Å². The normalized spacial score (nSPS) is 10.2. The van der Waals surface area contributed by atoms with Crippen LogP contribution in [0, 0.1) is 0 Å². The number of nitrogens with zero attached hydrogens (tertiary/aromatic N) is 3. The number of rotatable bonds is 2. The predicted octanol–water partition coefficient (Wildman–Crippen LogP) is -0.0588. The van der Waals surface area contributed by atoms with Gasteiger partial charge >= 0.3 is 5.69 Å². The molecule has 6 heteroatoms. The van der Waals surface area contributed by atoms with Gasteiger partial charge in [0.05, 0.1) is 11.3 Å². The van der Waals surface area contributed by atoms with Crippen LogP contribution in [0.1, 0.15) is 10.4 Å². The Bertz CT molecular complexity index is 619. The molecule has 17 heavy (non-hydrogen) atoms. The van der Waals surface area contributed by atoms with Gasteiger partial charge in [-0.2, -0.15) is 4.98 Å². The third-order valence-electron chi connectivity index (χ3n) is 2.29. The van der Waals surface area contributed by atoms with Gasteiger partial charge in [0.1, 0.15) is 0 Å². The van der Waals surface area contributed by atoms with E-state index in [9.17, 15) is 9.59 Å². The van der Waals surface area contributed by atoms with Crippen molar-refractivity contribution in [3.8, 4) is 11.3 Å². The van der Waals surface area contributed by atoms with E-state index in [1.807, 2.05) is 0 Å². The zero-order chi connectivity index (χ0) is 12.4. The molecule has 0 aliphatic rings. The molecule has 0 fully saturated rings. The number of nitrogens with two attached hydrogens (primary N) is 1. The highest BCUT2D eigenvalue weighted by atomic mass is 16.1. The van der Waals surface area contributed by atoms with E-state index in [1.54, 1.807) is 18.3 Å². The lowest BCUT2D eigenvalue weighted by Gasteiger charge is -2.06. The molecule has 0 aliphatic carbocycles. The summed E-state index contributed by atoms with van der Waals surface area (Å²) < 4.78 is 1.21. The second kappa shape index (κ2) is 4.17. The summed E-state index contributed by atoms with van der Waals surface area (Å²) in [7, 11) is 1.51. The lowest BCUT2D eigenvalue weighted by atomic mass is 10.1. The van der Waals surface area contributed by atoms with Gasteiger partial charge in [-0.25, -0.2) is 4.79 Å². The fourth-order valence-electron chi connectivity index (χ4n) is 1.45. The fraction of sp³-hybridized carbons (Fsp3) is 0.0909. The molecular weight excluding hydrogens is 220 g/mol. The van der Waals surface area contributed by atoms with Gasteiger partial charge in [0.15, 0.2) is 0 Å². The van der Waals surface area contributed by atoms with Crippen LogP contribution in [-0.4, -0.2) is 20.4 Å². The number of pyridine rings is 1. The molecule has 6 nitrogen and oxygen atoms in total. The molecule has 2 aromatic rings. The third kappa shape index (κ3) is 2.05. The SMILES string of the molecule is Cn1cc(C(N)=O)c(-c2cccnc2)nc1=O. The van der Waals surface area contributed by atoms with E-state index in [1.165, 1.54) is 24.0 Å². The van der Waals surface area contributed by atoms with Crippen LogP contribution in [0.2, 0.25) is 0 Å². The van der Waals surface area contributed by atoms with Crippen molar-refractivity contribution in [2.45, 2.75) is 0 Å². The van der Waals surface area contributed by atoms with Gasteiger partial charge in [-0.1, -0.05) is 0 Å². The second-order valence-corrected chi connectivity index (χ2v) is 3.50. The molecule has 0 saturated heterocycles. The predicted molar refractivity (Wildman–Crippen MR) is 61.2 cm³/mol. The van der Waals surface area contributed by atoms with Crippen molar-refractivity contribution in [1.82, 2.24) is 14.5 Å². The molecule has 2 rings (SSSR count). The molecule has 2 N–H and O–H groups in total. The summed E-state index contributed by atoms with van der Waals surface area (Å²) in [6, 6.07) is 3.40. The molecule has 0 radical (unpaired) electrons. The minimum Gasteiger partial charge on any atom is -0.365 e. The maximum Gasteiger partial charge on any atom is 0.347 e. The minimum absolute atomic E-state index is 0.195. The van der Waals surface area contributed by atoms with Gasteiger partial charge in [-0.15, -0.1) is 0 Å². The van der Waals surface area contributed by atoms with E-state index in [0.717, 1.165) is 0 Å². The van der Waals surface area contributed by atoms with Crippen LogP contribution in [0.25, 0.3) is 11.3 Å². The first-order valence-electron chi connectivity index (χ1n) is 4.87. The second-order valence-electron chi connectivity index (χ2n) is 3.50. The van der Waals surface area contributed by atoms with Crippen molar-refractivity contribution >= 4 is 5.91 Å². The maximum absolute atomic E-state index is 11.5. The van der Waals surface area contributed by atoms with Crippen molar-refractivity contribution in [3.63, 3.8) is 0 Å². The summed E-state index contributed by atoms with van der Waals surface area (Å²) in [5, 5.41) is 0. The first kappa shape index (κ1) is 11.0. The first-order chi connectivity index (χ1) is 8.09. The highest BCUT2D eigenvalue weighted by molar-refractivity contribution is 5.98. The number of hydrogen-bond donors (Lipinski definition) is 1. The van der Waals surface area contributed by atoms with Crippen LogP contribution in [0.3, 0.4) is 0 Å². The Morgan fingerprint density at radius 1 is 1.47 bits per heavy atom. The highest BCUT2D eigenvalue weighted by Gasteiger charge is 2.13. The lowest BCUT2D eigenvalue weighted by Crippen LogP contribution is -2.25. The zero-order valence-electron chi connectivity index (χ0n) is 9.12. The molecule has 86 valence electrons. The van der Waals surface area contributed by atoms with Crippen LogP contribution < -0.4 is 11.4 Å². The van der Waals surface area contributed by atoms with Gasteiger partial charge < -0.3 is 10.3 Å². The average molecular weight is 230 g/mol. The quantitative estimate of drug-likeness (QED) is 0.782. The van der Waals surface area contributed by atoms with E-state index < -0.39 is 11.6 Å². The van der Waals surface area contributed by atoms with Gasteiger partial charge in [0.25, 0.3) is 5.91 Å². The maximum atomic E-state index is 11.5. The Labute approximate surface area is 96.8 Å². The fourth-order valence-corrected chi connectivity index (χ4v) is 1.45. The van der Waals surface area contributed by atoms with Gasteiger partial charge in [0.2, 0.25) is 0 Å². The van der Waals surface area contributed by atoms with E-state index in [-0.39, 0.29) is 11.3 Å². The molecule has 0 unspecified atom stereocenters. The smallest absolute Gasteiger partial charge is 0.347 e. The molecule has 0 atom stereocenters. The van der Waals surface area contributed by atoms with Crippen LogP contribution in [0.5, 0.6) is 0 Å². The van der Waals surface area contributed by atoms with Gasteiger partial charge in [0, 0.05) is 31.2 Å². The van der Waals surface area contributed by atoms with Crippen molar-refractivity contribution < 1.29 is 4.79 Å². The number of carbonyl (C=O) groups is 1. The standard InChI is InChI=1S/C11H10N4O2/c1-15-6-8(10(12)16)9(14-11(15)17)7-3-2-4-13-5-7/h2-6H,1H3,(H2,12,16). The van der Waals surface area contributed by atoms with Crippen LogP contribution in [-0.2, 0) is 7.05 Å². The molecule has 2 heterocycles. The zero-order valence-corrected chi connectivity index (χ0v) is 9.12. The third-order valence-corrected chi connectivity index (χ3v) is 2.29. The van der Waals surface area contributed by atoms with E-state index >= 15 is 0 Å². The number of carbonyl (C=O) groups excluding carboxylic acids is 1. The summed E-state index contributed by atoms with van der Waals surface area (Å²) in [6.07, 6.45) is 4.49. The summed E-state index contributed by atoms with van der Waals surface area (Å²) in [5.74, 6) is -0.632. The largest absolute Gasteiger partial charge is 0.365 e. The molecule has 2 aromatic heterocycles. The Balaban J connectivity index is 2.73. The Hall–Kier alpha value is -2.50. The Morgan fingerprint density at radius 2 is 2.24 bits per heavy atom. The van der Waals surface area contributed by atoms with E-state index in [0.29, 0.717) is 5.56 Å². The molecule has 0 aromatic carbocycles. The summed E-state index contributed by atoms with van der Waals surface area (Å²) in [6.45, 7) is 0. The first-order valence-corrected chi connectivity index (χ1v) is 4.87. The highest BCUT2D eigenvalue weighted by Crippen LogP contribution is 2.17. The molecule has 0 saturated carbocycles. The Kier molecular flexibility index (Phi) is 2.70. The van der Waals surface area contributed by atoms with Crippen molar-refractivity contribution in [3.05, 3.63) is 46.8 Å². The number of amides is 1. The minimum atomic E-state index is -0.632. The average Bonchev–Trinajstić information content (AvgIpc) is 2.33. The molecule has 0 bridgehead atoms. The number of aryl methyl sites for hydroxylation is 1. The van der Waals surface area contributed by atoms with Crippen LogP contribution >= 0.6 is 0 Å². The van der Waals surface area contributed by atoms with E-state index in [4.69, 9.17) is 5.73 Å². The van der Waals surface area contributed by atoms with Crippen molar-refractivity contribution in [2.75, 3.05) is 0 Å². The van der Waals surface area contributed by atoms with E-state index in [2.05, 4.69) is 9.97 Å². The number of hydrogen-bond acceptors (Lipinski definition) is 4. The molecule has 1 amide bonds. The van der Waals surface area contributed by atoms with Crippen molar-refractivity contribution in [2.24, 2.45) is 12.8 Å². The Morgan fingerprint density at radius 3 is 2.82 bits per heavy atom. The summed E-state index contributed by atoms with van der Waals surface area (Å²) in [5.41, 5.74) is 5.84. The monoisotopic (exact) mass is 230 g/mol. The molecule has 0 spiro atoms. The number of aromatic nitrogens is 3. The molecular formula is C11H10N4O2. The number of primary amides is 1. The topological polar surface area (TPSA) is 90.9 Å². The van der Waals surface area contributed by atoms with Crippen LogP contribution in [0.4, 0.5) is 0 Å². The van der Waals surface area contributed by atoms with Gasteiger partial charge in [-0.3, -0.25) is 9.78 Å².